The summed E-state index contributed by atoms with van der Waals surface area (Å²) in [5.41, 5.74) is 1.03. The highest BCUT2D eigenvalue weighted by Gasteiger charge is 2.37. The molecule has 4 nitrogen and oxygen atoms in total. The van der Waals surface area contributed by atoms with Crippen molar-refractivity contribution in [2.75, 3.05) is 26.1 Å². The summed E-state index contributed by atoms with van der Waals surface area (Å²) in [5, 5.41) is 0.647. The number of ether oxygens (including phenoxy) is 2. The van der Waals surface area contributed by atoms with Crippen LogP contribution in [0.3, 0.4) is 0 Å². The highest BCUT2D eigenvalue weighted by Crippen LogP contribution is 2.28. The van der Waals surface area contributed by atoms with Crippen molar-refractivity contribution < 1.29 is 17.9 Å². The summed E-state index contributed by atoms with van der Waals surface area (Å²) in [6, 6.07) is 5.32. The Labute approximate surface area is 131 Å². The van der Waals surface area contributed by atoms with Crippen LogP contribution in [-0.2, 0) is 25.1 Å². The molecule has 1 fully saturated rings. The van der Waals surface area contributed by atoms with Gasteiger partial charge in [0, 0.05) is 38.2 Å². The van der Waals surface area contributed by atoms with Gasteiger partial charge in [0.25, 0.3) is 0 Å². The van der Waals surface area contributed by atoms with Crippen molar-refractivity contribution >= 4 is 21.4 Å². The number of hydrogen-bond acceptors (Lipinski definition) is 4. The van der Waals surface area contributed by atoms with E-state index in [1.54, 1.807) is 19.2 Å². The normalized spacial score (nSPS) is 18.6. The number of methoxy groups -OCH3 is 1. The molecule has 1 aliphatic rings. The molecule has 1 aromatic rings. The summed E-state index contributed by atoms with van der Waals surface area (Å²) >= 11 is 5.97. The zero-order valence-corrected chi connectivity index (χ0v) is 14.0. The van der Waals surface area contributed by atoms with Gasteiger partial charge in [0.15, 0.2) is 9.84 Å². The number of rotatable bonds is 5. The van der Waals surface area contributed by atoms with Gasteiger partial charge in [0.2, 0.25) is 0 Å². The van der Waals surface area contributed by atoms with Crippen LogP contribution >= 0.6 is 11.6 Å². The fourth-order valence-corrected chi connectivity index (χ4v) is 4.77. The Kier molecular flexibility index (Phi) is 5.30. The highest BCUT2D eigenvalue weighted by atomic mass is 35.5. The van der Waals surface area contributed by atoms with Crippen LogP contribution < -0.4 is 0 Å². The predicted octanol–water partition coefficient (Wildman–Crippen LogP) is 2.76. The minimum absolute atomic E-state index is 0.0109. The van der Waals surface area contributed by atoms with Crippen molar-refractivity contribution in [3.63, 3.8) is 0 Å². The first-order chi connectivity index (χ1) is 9.86. The predicted molar refractivity (Wildman–Crippen MR) is 83.5 cm³/mol. The minimum atomic E-state index is -3.26. The molecule has 2 rings (SSSR count). The van der Waals surface area contributed by atoms with Gasteiger partial charge in [-0.1, -0.05) is 23.7 Å². The van der Waals surface area contributed by atoms with Crippen molar-refractivity contribution in [3.05, 3.63) is 34.3 Å². The minimum Gasteiger partial charge on any atom is -0.381 e. The lowest BCUT2D eigenvalue weighted by molar-refractivity contribution is -0.0750. The Balaban J connectivity index is 2.12. The van der Waals surface area contributed by atoms with Crippen molar-refractivity contribution in [3.8, 4) is 0 Å². The Morgan fingerprint density at radius 1 is 1.33 bits per heavy atom. The third kappa shape index (κ3) is 4.42. The Morgan fingerprint density at radius 2 is 2.00 bits per heavy atom. The topological polar surface area (TPSA) is 52.6 Å². The fraction of sp³-hybridized carbons (Fsp3) is 0.600. The molecule has 0 N–H and O–H groups in total. The molecule has 1 aromatic carbocycles. The first kappa shape index (κ1) is 16.7. The van der Waals surface area contributed by atoms with Gasteiger partial charge in [0.05, 0.1) is 17.1 Å². The van der Waals surface area contributed by atoms with Crippen LogP contribution in [0.5, 0.6) is 0 Å². The largest absolute Gasteiger partial charge is 0.381 e. The summed E-state index contributed by atoms with van der Waals surface area (Å²) < 4.78 is 35.8. The van der Waals surface area contributed by atoms with E-state index in [1.165, 1.54) is 0 Å². The summed E-state index contributed by atoms with van der Waals surface area (Å²) in [7, 11) is -1.68. The smallest absolute Gasteiger partial charge is 0.157 e. The first-order valence-electron chi connectivity index (χ1n) is 6.94. The summed E-state index contributed by atoms with van der Waals surface area (Å²) in [6.07, 6.45) is 1.23. The standard InChI is InChI=1S/C15H21ClO4S/c1-12-9-13(3-4-14(12)16)10-21(17,18)11-15(19-2)5-7-20-8-6-15/h3-4,9H,5-8,10-11H2,1-2H3. The van der Waals surface area contributed by atoms with Crippen molar-refractivity contribution in [1.29, 1.82) is 0 Å². The van der Waals surface area contributed by atoms with Crippen LogP contribution in [0.4, 0.5) is 0 Å². The molecular weight excluding hydrogens is 312 g/mol. The molecule has 1 heterocycles. The van der Waals surface area contributed by atoms with Gasteiger partial charge in [-0.15, -0.1) is 0 Å². The summed E-state index contributed by atoms with van der Waals surface area (Å²) in [5.74, 6) is 0.0402. The number of hydrogen-bond donors (Lipinski definition) is 0. The Bertz CT molecular complexity index is 592. The Hall–Kier alpha value is -0.620. The van der Waals surface area contributed by atoms with Crippen LogP contribution in [0.25, 0.3) is 0 Å². The van der Waals surface area contributed by atoms with E-state index in [0.29, 0.717) is 31.1 Å². The zero-order valence-electron chi connectivity index (χ0n) is 12.4. The maximum Gasteiger partial charge on any atom is 0.157 e. The van der Waals surface area contributed by atoms with Crippen molar-refractivity contribution in [2.24, 2.45) is 0 Å². The molecule has 118 valence electrons. The fourth-order valence-electron chi connectivity index (χ4n) is 2.65. The van der Waals surface area contributed by atoms with E-state index in [-0.39, 0.29) is 11.5 Å². The van der Waals surface area contributed by atoms with Gasteiger partial charge >= 0.3 is 0 Å². The molecule has 6 heteroatoms. The van der Waals surface area contributed by atoms with Crippen LogP contribution in [-0.4, -0.2) is 40.1 Å². The summed E-state index contributed by atoms with van der Waals surface area (Å²) in [6.45, 7) is 2.96. The molecular formula is C15H21ClO4S. The average Bonchev–Trinajstić information content (AvgIpc) is 2.43. The molecule has 0 atom stereocenters. The first-order valence-corrected chi connectivity index (χ1v) is 9.14. The third-order valence-electron chi connectivity index (χ3n) is 3.93. The van der Waals surface area contributed by atoms with Gasteiger partial charge in [-0.25, -0.2) is 8.42 Å². The van der Waals surface area contributed by atoms with Crippen LogP contribution in [0.2, 0.25) is 5.02 Å². The monoisotopic (exact) mass is 332 g/mol. The second-order valence-corrected chi connectivity index (χ2v) is 8.09. The third-order valence-corrected chi connectivity index (χ3v) is 6.09. The lowest BCUT2D eigenvalue weighted by Gasteiger charge is -2.35. The molecule has 0 radical (unpaired) electrons. The molecule has 0 aliphatic carbocycles. The lowest BCUT2D eigenvalue weighted by Crippen LogP contribution is -2.44. The van der Waals surface area contributed by atoms with E-state index >= 15 is 0 Å². The highest BCUT2D eigenvalue weighted by molar-refractivity contribution is 7.90. The number of halogens is 1. The van der Waals surface area contributed by atoms with Crippen molar-refractivity contribution in [2.45, 2.75) is 31.1 Å². The average molecular weight is 333 g/mol. The van der Waals surface area contributed by atoms with Gasteiger partial charge in [-0.05, 0) is 24.1 Å². The second-order valence-electron chi connectivity index (χ2n) is 5.62. The SMILES string of the molecule is COC1(CS(=O)(=O)Cc2ccc(Cl)c(C)c2)CCOCC1. The maximum atomic E-state index is 12.5. The van der Waals surface area contributed by atoms with Crippen molar-refractivity contribution in [1.82, 2.24) is 0 Å². The quantitative estimate of drug-likeness (QED) is 0.832. The molecule has 0 saturated carbocycles. The van der Waals surface area contributed by atoms with E-state index < -0.39 is 15.4 Å². The second kappa shape index (κ2) is 6.65. The molecule has 0 bridgehead atoms. The lowest BCUT2D eigenvalue weighted by atomic mass is 9.97. The van der Waals surface area contributed by atoms with E-state index in [0.717, 1.165) is 11.1 Å². The van der Waals surface area contributed by atoms with Gasteiger partial charge in [0.1, 0.15) is 0 Å². The zero-order chi connectivity index (χ0) is 15.5. The molecule has 1 aliphatic heterocycles. The van der Waals surface area contributed by atoms with Gasteiger partial charge in [-0.3, -0.25) is 0 Å². The molecule has 1 saturated heterocycles. The van der Waals surface area contributed by atoms with E-state index in [4.69, 9.17) is 21.1 Å². The Morgan fingerprint density at radius 3 is 2.57 bits per heavy atom. The van der Waals surface area contributed by atoms with E-state index in [9.17, 15) is 8.42 Å². The molecule has 0 unspecified atom stereocenters. The molecule has 0 amide bonds. The van der Waals surface area contributed by atoms with Crippen LogP contribution in [0.1, 0.15) is 24.0 Å². The molecule has 0 spiro atoms. The maximum absolute atomic E-state index is 12.5. The summed E-state index contributed by atoms with van der Waals surface area (Å²) in [4.78, 5) is 0. The van der Waals surface area contributed by atoms with E-state index in [1.807, 2.05) is 13.0 Å². The number of aryl methyl sites for hydroxylation is 1. The number of sulfone groups is 1. The van der Waals surface area contributed by atoms with Gasteiger partial charge in [-0.2, -0.15) is 0 Å². The van der Waals surface area contributed by atoms with Crippen LogP contribution in [0.15, 0.2) is 18.2 Å². The number of benzene rings is 1. The van der Waals surface area contributed by atoms with Gasteiger partial charge < -0.3 is 9.47 Å². The van der Waals surface area contributed by atoms with E-state index in [2.05, 4.69) is 0 Å². The molecule has 0 aromatic heterocycles. The van der Waals surface area contributed by atoms with Crippen LogP contribution in [0, 0.1) is 6.92 Å². The molecule has 21 heavy (non-hydrogen) atoms.